The van der Waals surface area contributed by atoms with Crippen molar-refractivity contribution in [3.05, 3.63) is 35.9 Å². The summed E-state index contributed by atoms with van der Waals surface area (Å²) in [6.45, 7) is 3.75. The van der Waals surface area contributed by atoms with E-state index in [2.05, 4.69) is 9.97 Å². The summed E-state index contributed by atoms with van der Waals surface area (Å²) in [5.41, 5.74) is 0.271. The lowest BCUT2D eigenvalue weighted by Gasteiger charge is -2.12. The highest BCUT2D eigenvalue weighted by atomic mass is 16.5. The van der Waals surface area contributed by atoms with Crippen LogP contribution in [0.3, 0.4) is 0 Å². The standard InChI is InChI=1S/C16H18N2O5/c1-10(2)22-14-9-13(20-3)17-16(18-14)23-12-8-6-5-7-11(12)15(19)21-4/h5-10H,1-4H3. The molecule has 0 N–H and O–H groups in total. The number of nitrogens with zero attached hydrogens (tertiary/aromatic N) is 2. The van der Waals surface area contributed by atoms with Gasteiger partial charge in [-0.2, -0.15) is 9.97 Å². The van der Waals surface area contributed by atoms with Crippen molar-refractivity contribution in [1.29, 1.82) is 0 Å². The van der Waals surface area contributed by atoms with Crippen molar-refractivity contribution in [2.45, 2.75) is 20.0 Å². The summed E-state index contributed by atoms with van der Waals surface area (Å²) >= 11 is 0. The molecular weight excluding hydrogens is 300 g/mol. The average molecular weight is 318 g/mol. The molecule has 0 fully saturated rings. The van der Waals surface area contributed by atoms with Gasteiger partial charge in [0.15, 0.2) is 0 Å². The Morgan fingerprint density at radius 1 is 1.09 bits per heavy atom. The highest BCUT2D eigenvalue weighted by Crippen LogP contribution is 2.27. The maximum Gasteiger partial charge on any atom is 0.341 e. The van der Waals surface area contributed by atoms with Crippen LogP contribution in [0.15, 0.2) is 30.3 Å². The van der Waals surface area contributed by atoms with Gasteiger partial charge in [-0.05, 0) is 26.0 Å². The highest BCUT2D eigenvalue weighted by Gasteiger charge is 2.15. The molecule has 2 rings (SSSR count). The molecule has 0 atom stereocenters. The van der Waals surface area contributed by atoms with Crippen LogP contribution >= 0.6 is 0 Å². The molecule has 1 aromatic heterocycles. The quantitative estimate of drug-likeness (QED) is 0.758. The van der Waals surface area contributed by atoms with Crippen molar-refractivity contribution in [2.24, 2.45) is 0 Å². The molecule has 0 saturated heterocycles. The van der Waals surface area contributed by atoms with Gasteiger partial charge in [0.1, 0.15) is 11.3 Å². The molecule has 0 spiro atoms. The van der Waals surface area contributed by atoms with Crippen LogP contribution in [0.25, 0.3) is 0 Å². The predicted molar refractivity (Wildman–Crippen MR) is 82.2 cm³/mol. The minimum atomic E-state index is -0.512. The minimum Gasteiger partial charge on any atom is -0.481 e. The lowest BCUT2D eigenvalue weighted by atomic mass is 10.2. The summed E-state index contributed by atoms with van der Waals surface area (Å²) in [4.78, 5) is 20.0. The van der Waals surface area contributed by atoms with Crippen LogP contribution in [-0.4, -0.2) is 36.3 Å². The summed E-state index contributed by atoms with van der Waals surface area (Å²) in [6, 6.07) is 8.22. The fraction of sp³-hybridized carbons (Fsp3) is 0.312. The third-order valence-electron chi connectivity index (χ3n) is 2.72. The molecule has 122 valence electrons. The van der Waals surface area contributed by atoms with Crippen LogP contribution in [0.5, 0.6) is 23.5 Å². The van der Waals surface area contributed by atoms with Crippen LogP contribution in [0.2, 0.25) is 0 Å². The Morgan fingerprint density at radius 2 is 1.78 bits per heavy atom. The van der Waals surface area contributed by atoms with Crippen molar-refractivity contribution in [2.75, 3.05) is 14.2 Å². The zero-order valence-corrected chi connectivity index (χ0v) is 13.4. The Morgan fingerprint density at radius 3 is 2.43 bits per heavy atom. The average Bonchev–Trinajstić information content (AvgIpc) is 2.53. The number of carbonyl (C=O) groups is 1. The van der Waals surface area contributed by atoms with Gasteiger partial charge < -0.3 is 18.9 Å². The zero-order valence-electron chi connectivity index (χ0n) is 13.4. The fourth-order valence-corrected chi connectivity index (χ4v) is 1.77. The molecule has 0 bridgehead atoms. The summed E-state index contributed by atoms with van der Waals surface area (Å²) < 4.78 is 21.0. The van der Waals surface area contributed by atoms with Crippen LogP contribution in [0.1, 0.15) is 24.2 Å². The van der Waals surface area contributed by atoms with Gasteiger partial charge >= 0.3 is 12.0 Å². The number of methoxy groups -OCH3 is 2. The van der Waals surface area contributed by atoms with Crippen LogP contribution in [0, 0.1) is 0 Å². The van der Waals surface area contributed by atoms with Gasteiger partial charge in [0, 0.05) is 0 Å². The van der Waals surface area contributed by atoms with E-state index in [0.29, 0.717) is 11.8 Å². The molecule has 2 aromatic rings. The van der Waals surface area contributed by atoms with Gasteiger partial charge in [-0.1, -0.05) is 12.1 Å². The van der Waals surface area contributed by atoms with E-state index in [1.807, 2.05) is 13.8 Å². The summed E-state index contributed by atoms with van der Waals surface area (Å²) in [6.07, 6.45) is -0.0650. The molecule has 7 heteroatoms. The normalized spacial score (nSPS) is 10.3. The van der Waals surface area contributed by atoms with Crippen LogP contribution < -0.4 is 14.2 Å². The number of carbonyl (C=O) groups excluding carboxylic acids is 1. The number of para-hydroxylation sites is 1. The smallest absolute Gasteiger partial charge is 0.341 e. The van der Waals surface area contributed by atoms with Gasteiger partial charge in [-0.3, -0.25) is 0 Å². The number of hydrogen-bond acceptors (Lipinski definition) is 7. The van der Waals surface area contributed by atoms with Crippen molar-refractivity contribution in [1.82, 2.24) is 9.97 Å². The molecule has 1 aromatic carbocycles. The van der Waals surface area contributed by atoms with E-state index < -0.39 is 5.97 Å². The molecule has 23 heavy (non-hydrogen) atoms. The summed E-state index contributed by atoms with van der Waals surface area (Å²) in [5.74, 6) is 0.379. The van der Waals surface area contributed by atoms with E-state index in [4.69, 9.17) is 18.9 Å². The van der Waals surface area contributed by atoms with Gasteiger partial charge in [0.05, 0.1) is 26.4 Å². The molecular formula is C16H18N2O5. The van der Waals surface area contributed by atoms with E-state index in [1.165, 1.54) is 14.2 Å². The Kier molecular flexibility index (Phi) is 5.35. The number of rotatable bonds is 6. The first-order valence-electron chi connectivity index (χ1n) is 6.98. The van der Waals surface area contributed by atoms with Crippen molar-refractivity contribution in [3.8, 4) is 23.5 Å². The van der Waals surface area contributed by atoms with Crippen LogP contribution in [-0.2, 0) is 4.74 Å². The minimum absolute atomic E-state index is 0.0105. The maximum absolute atomic E-state index is 11.8. The Bertz CT molecular complexity index is 688. The van der Waals surface area contributed by atoms with E-state index in [0.717, 1.165) is 0 Å². The summed E-state index contributed by atoms with van der Waals surface area (Å²) in [5, 5.41) is 0. The molecule has 0 unspecified atom stereocenters. The largest absolute Gasteiger partial charge is 0.481 e. The van der Waals surface area contributed by atoms with Gasteiger partial charge in [-0.25, -0.2) is 4.79 Å². The maximum atomic E-state index is 11.8. The number of esters is 1. The van der Waals surface area contributed by atoms with Crippen molar-refractivity contribution >= 4 is 5.97 Å². The fourth-order valence-electron chi connectivity index (χ4n) is 1.77. The molecule has 0 radical (unpaired) electrons. The van der Waals surface area contributed by atoms with E-state index in [-0.39, 0.29) is 23.4 Å². The second kappa shape index (κ2) is 7.44. The Balaban J connectivity index is 2.34. The number of ether oxygens (including phenoxy) is 4. The monoisotopic (exact) mass is 318 g/mol. The van der Waals surface area contributed by atoms with E-state index in [9.17, 15) is 4.79 Å². The molecule has 0 saturated carbocycles. The second-order valence-electron chi connectivity index (χ2n) is 4.79. The number of hydrogen-bond donors (Lipinski definition) is 0. The van der Waals surface area contributed by atoms with Gasteiger partial charge in [0.25, 0.3) is 0 Å². The first-order valence-corrected chi connectivity index (χ1v) is 6.98. The first kappa shape index (κ1) is 16.5. The topological polar surface area (TPSA) is 79.8 Å². The van der Waals surface area contributed by atoms with E-state index >= 15 is 0 Å². The first-order chi connectivity index (χ1) is 11.0. The summed E-state index contributed by atoms with van der Waals surface area (Å²) in [7, 11) is 2.78. The number of benzene rings is 1. The SMILES string of the molecule is COC(=O)c1ccccc1Oc1nc(OC)cc(OC(C)C)n1. The molecule has 1 heterocycles. The molecule has 0 aliphatic heterocycles. The molecule has 0 aliphatic rings. The molecule has 0 aliphatic carbocycles. The molecule has 0 amide bonds. The molecule has 7 nitrogen and oxygen atoms in total. The Hall–Kier alpha value is -2.83. The van der Waals surface area contributed by atoms with E-state index in [1.54, 1.807) is 30.3 Å². The van der Waals surface area contributed by atoms with Crippen LogP contribution in [0.4, 0.5) is 0 Å². The second-order valence-corrected chi connectivity index (χ2v) is 4.79. The van der Waals surface area contributed by atoms with Crippen molar-refractivity contribution < 1.29 is 23.7 Å². The highest BCUT2D eigenvalue weighted by molar-refractivity contribution is 5.92. The van der Waals surface area contributed by atoms with Crippen molar-refractivity contribution in [3.63, 3.8) is 0 Å². The predicted octanol–water partition coefficient (Wildman–Crippen LogP) is 2.85. The lowest BCUT2D eigenvalue weighted by Crippen LogP contribution is -2.09. The number of aromatic nitrogens is 2. The lowest BCUT2D eigenvalue weighted by molar-refractivity contribution is 0.0598. The third-order valence-corrected chi connectivity index (χ3v) is 2.72. The third kappa shape index (κ3) is 4.32. The zero-order chi connectivity index (χ0) is 16.8. The Labute approximate surface area is 134 Å². The van der Waals surface area contributed by atoms with Gasteiger partial charge in [0.2, 0.25) is 11.8 Å². The van der Waals surface area contributed by atoms with Gasteiger partial charge in [-0.15, -0.1) is 0 Å².